The fourth-order valence-corrected chi connectivity index (χ4v) is 3.23. The van der Waals surface area contributed by atoms with Gasteiger partial charge < -0.3 is 4.74 Å². The van der Waals surface area contributed by atoms with Crippen LogP contribution >= 0.6 is 0 Å². The van der Waals surface area contributed by atoms with Crippen LogP contribution in [0.5, 0.6) is 5.75 Å². The van der Waals surface area contributed by atoms with E-state index < -0.39 is 5.97 Å². The van der Waals surface area contributed by atoms with Gasteiger partial charge in [-0.3, -0.25) is 4.79 Å². The molecule has 4 rings (SSSR count). The summed E-state index contributed by atoms with van der Waals surface area (Å²) >= 11 is 0. The zero-order valence-electron chi connectivity index (χ0n) is 16.0. The number of ketones is 1. The summed E-state index contributed by atoms with van der Waals surface area (Å²) in [6.45, 7) is 0.00315. The van der Waals surface area contributed by atoms with Crippen molar-refractivity contribution in [3.05, 3.63) is 108 Å². The minimum atomic E-state index is -0.577. The lowest BCUT2D eigenvalue weighted by Gasteiger charge is -2.08. The van der Waals surface area contributed by atoms with Gasteiger partial charge in [-0.25, -0.2) is 4.79 Å². The first kappa shape index (κ1) is 19.0. The lowest BCUT2D eigenvalue weighted by atomic mass is 10.1. The molecule has 5 nitrogen and oxygen atoms in total. The van der Waals surface area contributed by atoms with E-state index in [0.29, 0.717) is 16.9 Å². The molecule has 0 atom stereocenters. The number of esters is 1. The van der Waals surface area contributed by atoms with E-state index in [1.165, 1.54) is 0 Å². The van der Waals surface area contributed by atoms with Crippen molar-refractivity contribution < 1.29 is 18.9 Å². The van der Waals surface area contributed by atoms with Gasteiger partial charge in [0.25, 0.3) is 5.69 Å². The van der Waals surface area contributed by atoms with Crippen molar-refractivity contribution >= 4 is 22.7 Å². The number of carbonyl (C=O) groups excluding carboxylic acids is 2. The molecule has 3 aromatic carbocycles. The van der Waals surface area contributed by atoms with E-state index in [-0.39, 0.29) is 18.0 Å². The highest BCUT2D eigenvalue weighted by molar-refractivity contribution is 5.96. The summed E-state index contributed by atoms with van der Waals surface area (Å²) in [6.07, 6.45) is 0. The number of carbonyl (C=O) groups is 2. The Morgan fingerprint density at radius 1 is 0.833 bits per heavy atom. The zero-order chi connectivity index (χ0) is 20.9. The Labute approximate surface area is 173 Å². The number of benzene rings is 3. The summed E-state index contributed by atoms with van der Waals surface area (Å²) in [7, 11) is 0. The van der Waals surface area contributed by atoms with Gasteiger partial charge in [0.05, 0.1) is 11.6 Å². The molecule has 0 amide bonds. The standard InChI is InChI=1S/C25H17N2O3/c26-16-18-10-13-21(14-11-18)30-25(29)23-15-12-19-6-4-5-9-22(19)27(23)17-24(28)20-7-2-1-3-8-20/h1-15H,17H2/q+1. The quantitative estimate of drug-likeness (QED) is 0.221. The number of aromatic nitrogens is 1. The molecule has 0 spiro atoms. The number of nitrogens with zero attached hydrogens (tertiary/aromatic N) is 2. The minimum Gasteiger partial charge on any atom is -0.419 e. The van der Waals surface area contributed by atoms with Crippen LogP contribution in [0.15, 0.2) is 91.0 Å². The SMILES string of the molecule is N#Cc1ccc(OC(=O)c2ccc3ccccc3[n+]2CC(=O)c2ccccc2)cc1. The third-order valence-electron chi connectivity index (χ3n) is 4.74. The Kier molecular flexibility index (Phi) is 5.31. The molecule has 0 fully saturated rings. The van der Waals surface area contributed by atoms with Gasteiger partial charge in [0.1, 0.15) is 5.75 Å². The van der Waals surface area contributed by atoms with Crippen molar-refractivity contribution in [2.24, 2.45) is 0 Å². The molecular weight excluding hydrogens is 376 g/mol. The number of hydrogen-bond donors (Lipinski definition) is 0. The first-order valence-electron chi connectivity index (χ1n) is 9.38. The van der Waals surface area contributed by atoms with Crippen LogP contribution in [0.3, 0.4) is 0 Å². The predicted molar refractivity (Wildman–Crippen MR) is 111 cm³/mol. The Morgan fingerprint density at radius 3 is 2.27 bits per heavy atom. The van der Waals surface area contributed by atoms with Crippen molar-refractivity contribution in [1.82, 2.24) is 0 Å². The molecular formula is C25H17N2O3+. The fourth-order valence-electron chi connectivity index (χ4n) is 3.23. The van der Waals surface area contributed by atoms with Crippen molar-refractivity contribution in [1.29, 1.82) is 5.26 Å². The van der Waals surface area contributed by atoms with Crippen LogP contribution in [0.1, 0.15) is 26.4 Å². The maximum absolute atomic E-state index is 12.9. The van der Waals surface area contributed by atoms with Crippen molar-refractivity contribution in [3.63, 3.8) is 0 Å². The second-order valence-electron chi connectivity index (χ2n) is 6.68. The lowest BCUT2D eigenvalue weighted by Crippen LogP contribution is -2.45. The molecule has 1 heterocycles. The van der Waals surface area contributed by atoms with Crippen LogP contribution in [0.25, 0.3) is 10.9 Å². The summed E-state index contributed by atoms with van der Waals surface area (Å²) in [5, 5.41) is 9.82. The molecule has 0 aliphatic carbocycles. The number of para-hydroxylation sites is 1. The van der Waals surface area contributed by atoms with Gasteiger partial charge in [0.15, 0.2) is 0 Å². The molecule has 0 bridgehead atoms. The van der Waals surface area contributed by atoms with Crippen LogP contribution in [-0.2, 0) is 6.54 Å². The molecule has 1 aromatic heterocycles. The average molecular weight is 393 g/mol. The second-order valence-corrected chi connectivity index (χ2v) is 6.68. The summed E-state index contributed by atoms with van der Waals surface area (Å²) in [6, 6.07) is 28.3. The highest BCUT2D eigenvalue weighted by Gasteiger charge is 2.26. The molecule has 0 aliphatic heterocycles. The van der Waals surface area contributed by atoms with Crippen LogP contribution in [-0.4, -0.2) is 11.8 Å². The van der Waals surface area contributed by atoms with Crippen molar-refractivity contribution in [3.8, 4) is 11.8 Å². The fraction of sp³-hybridized carbons (Fsp3) is 0.0400. The molecule has 0 aliphatic rings. The Morgan fingerprint density at radius 2 is 1.53 bits per heavy atom. The van der Waals surface area contributed by atoms with Gasteiger partial charge in [0.2, 0.25) is 17.8 Å². The summed E-state index contributed by atoms with van der Waals surface area (Å²) in [4.78, 5) is 25.8. The Balaban J connectivity index is 1.71. The molecule has 144 valence electrons. The maximum Gasteiger partial charge on any atom is 0.409 e. The van der Waals surface area contributed by atoms with E-state index in [1.807, 2.05) is 42.5 Å². The van der Waals surface area contributed by atoms with Crippen molar-refractivity contribution in [2.75, 3.05) is 0 Å². The molecule has 5 heteroatoms. The molecule has 30 heavy (non-hydrogen) atoms. The molecule has 0 radical (unpaired) electrons. The second kappa shape index (κ2) is 8.38. The van der Waals surface area contributed by atoms with Crippen LogP contribution in [0, 0.1) is 11.3 Å². The number of ether oxygens (including phenoxy) is 1. The molecule has 0 saturated carbocycles. The number of pyridine rings is 1. The number of fused-ring (bicyclic) bond motifs is 1. The summed E-state index contributed by atoms with van der Waals surface area (Å²) in [5.41, 5.74) is 2.08. The number of Topliss-reactive ketones (excluding diaryl/α,β-unsaturated/α-hetero) is 1. The third kappa shape index (κ3) is 3.94. The summed E-state index contributed by atoms with van der Waals surface area (Å²) in [5.74, 6) is -0.358. The van der Waals surface area contributed by atoms with Gasteiger partial charge in [-0.1, -0.05) is 42.5 Å². The van der Waals surface area contributed by atoms with Gasteiger partial charge in [0, 0.05) is 23.1 Å². The maximum atomic E-state index is 12.9. The summed E-state index contributed by atoms with van der Waals surface area (Å²) < 4.78 is 7.17. The Bertz CT molecular complexity index is 1270. The van der Waals surface area contributed by atoms with Gasteiger partial charge in [-0.15, -0.1) is 0 Å². The van der Waals surface area contributed by atoms with Gasteiger partial charge >= 0.3 is 5.97 Å². The topological polar surface area (TPSA) is 71.0 Å². The van der Waals surface area contributed by atoms with Crippen LogP contribution < -0.4 is 9.30 Å². The first-order valence-corrected chi connectivity index (χ1v) is 9.38. The third-order valence-corrected chi connectivity index (χ3v) is 4.74. The van der Waals surface area contributed by atoms with Crippen LogP contribution in [0.2, 0.25) is 0 Å². The first-order chi connectivity index (χ1) is 14.7. The molecule has 0 unspecified atom stereocenters. The van der Waals surface area contributed by atoms with Gasteiger partial charge in [-0.2, -0.15) is 9.83 Å². The number of nitriles is 1. The smallest absolute Gasteiger partial charge is 0.409 e. The average Bonchev–Trinajstić information content (AvgIpc) is 2.80. The normalized spacial score (nSPS) is 10.4. The highest BCUT2D eigenvalue weighted by Crippen LogP contribution is 2.16. The van der Waals surface area contributed by atoms with E-state index in [2.05, 4.69) is 0 Å². The lowest BCUT2D eigenvalue weighted by molar-refractivity contribution is -0.659. The molecule has 4 aromatic rings. The highest BCUT2D eigenvalue weighted by atomic mass is 16.5. The van der Waals surface area contributed by atoms with E-state index in [9.17, 15) is 9.59 Å². The van der Waals surface area contributed by atoms with E-state index >= 15 is 0 Å². The monoisotopic (exact) mass is 393 g/mol. The number of hydrogen-bond acceptors (Lipinski definition) is 4. The molecule has 0 N–H and O–H groups in total. The van der Waals surface area contributed by atoms with E-state index in [1.54, 1.807) is 59.2 Å². The van der Waals surface area contributed by atoms with Gasteiger partial charge in [-0.05, 0) is 36.4 Å². The van der Waals surface area contributed by atoms with E-state index in [0.717, 1.165) is 10.9 Å². The number of rotatable bonds is 5. The molecule has 0 saturated heterocycles. The zero-order valence-corrected chi connectivity index (χ0v) is 16.0. The predicted octanol–water partition coefficient (Wildman–Crippen LogP) is 4.10. The minimum absolute atomic E-state index is 0.00315. The largest absolute Gasteiger partial charge is 0.419 e. The van der Waals surface area contributed by atoms with Crippen molar-refractivity contribution in [2.45, 2.75) is 6.54 Å². The van der Waals surface area contributed by atoms with Crippen LogP contribution in [0.4, 0.5) is 0 Å². The van der Waals surface area contributed by atoms with E-state index in [4.69, 9.17) is 10.00 Å². The Hall–Kier alpha value is -4.30.